The lowest BCUT2D eigenvalue weighted by molar-refractivity contribution is 0.102. The minimum absolute atomic E-state index is 0.128. The smallest absolute Gasteiger partial charge is 0.171 e. The van der Waals surface area contributed by atoms with Gasteiger partial charge in [-0.3, -0.25) is 4.79 Å². The molecule has 0 aliphatic rings. The molecule has 0 fully saturated rings. The van der Waals surface area contributed by atoms with Gasteiger partial charge in [0.25, 0.3) is 0 Å². The minimum atomic E-state index is -0.128. The molecule has 2 N–H and O–H groups in total. The highest BCUT2D eigenvalue weighted by Gasteiger charge is 2.21. The van der Waals surface area contributed by atoms with Crippen LogP contribution < -0.4 is 10.6 Å². The van der Waals surface area contributed by atoms with Gasteiger partial charge in [-0.2, -0.15) is 5.26 Å². The molecule has 2 rings (SSSR count). The number of benzene rings is 1. The van der Waals surface area contributed by atoms with Gasteiger partial charge in [0.2, 0.25) is 0 Å². The van der Waals surface area contributed by atoms with Crippen LogP contribution in [-0.2, 0) is 6.54 Å². The Bertz CT molecular complexity index is 733. The number of anilines is 2. The molecule has 0 atom stereocenters. The molecule has 0 saturated heterocycles. The van der Waals surface area contributed by atoms with E-state index in [2.05, 4.69) is 6.07 Å². The molecular formula is C15H14ClN3OS. The van der Waals surface area contributed by atoms with Gasteiger partial charge >= 0.3 is 0 Å². The first kappa shape index (κ1) is 15.4. The zero-order valence-electron chi connectivity index (χ0n) is 11.7. The minimum Gasteiger partial charge on any atom is -0.396 e. The van der Waals surface area contributed by atoms with Crippen LogP contribution in [0.5, 0.6) is 0 Å². The molecule has 0 bridgehead atoms. The van der Waals surface area contributed by atoms with Crippen molar-refractivity contribution in [2.24, 2.45) is 0 Å². The number of nitrogen functional groups attached to an aromatic ring is 1. The zero-order valence-corrected chi connectivity index (χ0v) is 13.3. The number of carbonyl (C=O) groups excluding carboxylic acids is 1. The average molecular weight is 320 g/mol. The maximum atomic E-state index is 11.6. The molecule has 1 heterocycles. The molecule has 1 aromatic heterocycles. The van der Waals surface area contributed by atoms with Crippen molar-refractivity contribution in [3.63, 3.8) is 0 Å². The summed E-state index contributed by atoms with van der Waals surface area (Å²) in [6, 6.07) is 9.59. The lowest BCUT2D eigenvalue weighted by Crippen LogP contribution is -2.16. The Morgan fingerprint density at radius 1 is 1.52 bits per heavy atom. The average Bonchev–Trinajstić information content (AvgIpc) is 2.75. The second-order valence-electron chi connectivity index (χ2n) is 4.68. The predicted molar refractivity (Wildman–Crippen MR) is 87.0 cm³/mol. The fourth-order valence-corrected chi connectivity index (χ4v) is 3.29. The van der Waals surface area contributed by atoms with Crippen LogP contribution in [0.2, 0.25) is 5.02 Å². The molecule has 0 amide bonds. The van der Waals surface area contributed by atoms with Gasteiger partial charge in [0.05, 0.1) is 10.6 Å². The van der Waals surface area contributed by atoms with Gasteiger partial charge in [-0.05, 0) is 17.7 Å². The quantitative estimate of drug-likeness (QED) is 0.872. The van der Waals surface area contributed by atoms with Crippen molar-refractivity contribution in [1.29, 1.82) is 5.26 Å². The Hall–Kier alpha value is -2.03. The van der Waals surface area contributed by atoms with E-state index in [-0.39, 0.29) is 11.5 Å². The first-order chi connectivity index (χ1) is 9.93. The van der Waals surface area contributed by atoms with Crippen LogP contribution in [0.4, 0.5) is 10.7 Å². The molecule has 2 aromatic rings. The first-order valence-corrected chi connectivity index (χ1v) is 7.42. The molecule has 21 heavy (non-hydrogen) atoms. The van der Waals surface area contributed by atoms with E-state index in [1.807, 2.05) is 36.2 Å². The van der Waals surface area contributed by atoms with Crippen LogP contribution in [0, 0.1) is 11.3 Å². The topological polar surface area (TPSA) is 70.1 Å². The molecule has 6 heteroatoms. The van der Waals surface area contributed by atoms with Gasteiger partial charge in [-0.25, -0.2) is 0 Å². The van der Waals surface area contributed by atoms with Gasteiger partial charge in [-0.1, -0.05) is 23.7 Å². The Balaban J connectivity index is 2.35. The first-order valence-electron chi connectivity index (χ1n) is 6.23. The summed E-state index contributed by atoms with van der Waals surface area (Å²) in [5, 5.41) is 10.6. The van der Waals surface area contributed by atoms with Crippen molar-refractivity contribution in [2.75, 3.05) is 17.7 Å². The van der Waals surface area contributed by atoms with E-state index in [0.29, 0.717) is 27.0 Å². The van der Waals surface area contributed by atoms with Gasteiger partial charge in [0.1, 0.15) is 16.6 Å². The third kappa shape index (κ3) is 3.18. The van der Waals surface area contributed by atoms with Crippen LogP contribution in [0.25, 0.3) is 0 Å². The fraction of sp³-hybridized carbons (Fsp3) is 0.200. The van der Waals surface area contributed by atoms with Gasteiger partial charge in [-0.15, -0.1) is 11.3 Å². The third-order valence-corrected chi connectivity index (χ3v) is 4.67. The van der Waals surface area contributed by atoms with Gasteiger partial charge < -0.3 is 10.6 Å². The highest BCUT2D eigenvalue weighted by atomic mass is 35.5. The van der Waals surface area contributed by atoms with Crippen LogP contribution in [-0.4, -0.2) is 12.8 Å². The van der Waals surface area contributed by atoms with Crippen LogP contribution >= 0.6 is 22.9 Å². The number of Topliss-reactive ketones (excluding diaryl/α,β-unsaturated/α-hetero) is 1. The summed E-state index contributed by atoms with van der Waals surface area (Å²) in [5.41, 5.74) is 7.53. The van der Waals surface area contributed by atoms with Gasteiger partial charge in [0, 0.05) is 25.5 Å². The SMILES string of the molecule is CC(=O)c1sc(N(C)Cc2cccc(Cl)c2)c(C#N)c1N. The van der Waals surface area contributed by atoms with Crippen LogP contribution in [0.3, 0.4) is 0 Å². The molecule has 0 saturated carbocycles. The van der Waals surface area contributed by atoms with E-state index in [9.17, 15) is 10.1 Å². The Morgan fingerprint density at radius 2 is 2.24 bits per heavy atom. The summed E-state index contributed by atoms with van der Waals surface area (Å²) in [6.45, 7) is 2.02. The molecule has 0 spiro atoms. The lowest BCUT2D eigenvalue weighted by atomic mass is 10.2. The Morgan fingerprint density at radius 3 is 2.81 bits per heavy atom. The number of hydrogen-bond acceptors (Lipinski definition) is 5. The van der Waals surface area contributed by atoms with E-state index < -0.39 is 0 Å². The summed E-state index contributed by atoms with van der Waals surface area (Å²) < 4.78 is 0. The molecular weight excluding hydrogens is 306 g/mol. The largest absolute Gasteiger partial charge is 0.396 e. The maximum Gasteiger partial charge on any atom is 0.171 e. The summed E-state index contributed by atoms with van der Waals surface area (Å²) in [5.74, 6) is -0.128. The number of ketones is 1. The number of rotatable bonds is 4. The monoisotopic (exact) mass is 319 g/mol. The number of hydrogen-bond donors (Lipinski definition) is 1. The van der Waals surface area contributed by atoms with E-state index in [0.717, 1.165) is 5.56 Å². The highest BCUT2D eigenvalue weighted by molar-refractivity contribution is 7.19. The number of thiophene rings is 1. The Kier molecular flexibility index (Phi) is 4.51. The molecule has 0 aliphatic heterocycles. The van der Waals surface area contributed by atoms with Crippen molar-refractivity contribution in [2.45, 2.75) is 13.5 Å². The summed E-state index contributed by atoms with van der Waals surface area (Å²) in [7, 11) is 1.86. The molecule has 0 aliphatic carbocycles. The molecule has 0 radical (unpaired) electrons. The standard InChI is InChI=1S/C15H14ClN3OS/c1-9(20)14-13(18)12(7-17)15(21-14)19(2)8-10-4-3-5-11(16)6-10/h3-6H,8,18H2,1-2H3. The molecule has 108 valence electrons. The third-order valence-electron chi connectivity index (χ3n) is 3.01. The predicted octanol–water partition coefficient (Wildman–Crippen LogP) is 3.69. The van der Waals surface area contributed by atoms with Crippen molar-refractivity contribution in [1.82, 2.24) is 0 Å². The number of nitrogens with zero attached hydrogens (tertiary/aromatic N) is 2. The van der Waals surface area contributed by atoms with Crippen molar-refractivity contribution in [3.8, 4) is 6.07 Å². The lowest BCUT2D eigenvalue weighted by Gasteiger charge is -2.18. The van der Waals surface area contributed by atoms with Crippen molar-refractivity contribution in [3.05, 3.63) is 45.3 Å². The molecule has 0 unspecified atom stereocenters. The number of carbonyl (C=O) groups is 1. The molecule has 4 nitrogen and oxygen atoms in total. The van der Waals surface area contributed by atoms with Crippen LogP contribution in [0.15, 0.2) is 24.3 Å². The second kappa shape index (κ2) is 6.17. The number of nitrogens with two attached hydrogens (primary N) is 1. The summed E-state index contributed by atoms with van der Waals surface area (Å²) in [6.07, 6.45) is 0. The van der Waals surface area contributed by atoms with E-state index >= 15 is 0 Å². The Labute approximate surface area is 132 Å². The number of nitriles is 1. The van der Waals surface area contributed by atoms with E-state index in [1.165, 1.54) is 18.3 Å². The normalized spacial score (nSPS) is 10.2. The van der Waals surface area contributed by atoms with E-state index in [4.69, 9.17) is 17.3 Å². The van der Waals surface area contributed by atoms with Gasteiger partial charge in [0.15, 0.2) is 5.78 Å². The summed E-state index contributed by atoms with van der Waals surface area (Å²) in [4.78, 5) is 13.9. The number of halogens is 1. The summed E-state index contributed by atoms with van der Waals surface area (Å²) >= 11 is 7.22. The zero-order chi connectivity index (χ0) is 15.6. The van der Waals surface area contributed by atoms with Crippen LogP contribution in [0.1, 0.15) is 27.7 Å². The molecule has 1 aromatic carbocycles. The second-order valence-corrected chi connectivity index (χ2v) is 6.11. The fourth-order valence-electron chi connectivity index (χ4n) is 2.05. The van der Waals surface area contributed by atoms with Crippen molar-refractivity contribution >= 4 is 39.4 Å². The maximum absolute atomic E-state index is 11.6. The highest BCUT2D eigenvalue weighted by Crippen LogP contribution is 2.38. The van der Waals surface area contributed by atoms with E-state index in [1.54, 1.807) is 0 Å². The van der Waals surface area contributed by atoms with Crippen molar-refractivity contribution < 1.29 is 4.79 Å².